The van der Waals surface area contributed by atoms with Crippen LogP contribution in [0.1, 0.15) is 31.8 Å². The smallest absolute Gasteiger partial charge is 0.341 e. The van der Waals surface area contributed by atoms with Gasteiger partial charge in [-0.1, -0.05) is 72.8 Å². The third kappa shape index (κ3) is 5.93. The minimum atomic E-state index is -1.16. The Morgan fingerprint density at radius 1 is 0.571 bits per heavy atom. The molecular formula is C38H28CuN4O6. The molecule has 0 unspecified atom stereocenters. The molecule has 0 amide bonds. The number of benzene rings is 4. The fraction of sp³-hybridized carbons (Fsp3) is 0.0526. The third-order valence-electron chi connectivity index (χ3n) is 8.32. The van der Waals surface area contributed by atoms with Crippen molar-refractivity contribution in [2.45, 2.75) is 0 Å². The van der Waals surface area contributed by atoms with Crippen molar-refractivity contribution in [3.63, 3.8) is 0 Å². The fourth-order valence-corrected chi connectivity index (χ4v) is 6.26. The minimum Gasteiger partial charge on any atom is -0.507 e. The van der Waals surface area contributed by atoms with Gasteiger partial charge in [-0.3, -0.25) is 9.97 Å². The monoisotopic (exact) mass is 699 g/mol. The van der Waals surface area contributed by atoms with Gasteiger partial charge >= 0.3 is 11.9 Å². The Kier molecular flexibility index (Phi) is 9.04. The Morgan fingerprint density at radius 2 is 1.00 bits per heavy atom. The van der Waals surface area contributed by atoms with Gasteiger partial charge in [-0.05, 0) is 36.4 Å². The zero-order valence-electron chi connectivity index (χ0n) is 25.7. The van der Waals surface area contributed by atoms with Gasteiger partial charge in [0.2, 0.25) is 0 Å². The molecule has 0 fully saturated rings. The Balaban J connectivity index is 0.000000167. The number of aromatic hydroxyl groups is 2. The quantitative estimate of drug-likeness (QED) is 0.136. The number of pyridine rings is 2. The molecule has 247 valence electrons. The van der Waals surface area contributed by atoms with Crippen LogP contribution >= 0.6 is 0 Å². The van der Waals surface area contributed by atoms with Gasteiger partial charge in [0, 0.05) is 64.5 Å². The number of rotatable bonds is 4. The van der Waals surface area contributed by atoms with Gasteiger partial charge in [-0.15, -0.1) is 0 Å². The second kappa shape index (κ2) is 13.5. The van der Waals surface area contributed by atoms with Gasteiger partial charge in [-0.25, -0.2) is 9.59 Å². The van der Waals surface area contributed by atoms with E-state index in [2.05, 4.69) is 9.97 Å². The zero-order valence-corrected chi connectivity index (χ0v) is 26.6. The number of carbonyl (C=O) groups is 2. The van der Waals surface area contributed by atoms with Crippen LogP contribution in [0.3, 0.4) is 0 Å². The number of anilines is 4. The fourth-order valence-electron chi connectivity index (χ4n) is 6.26. The van der Waals surface area contributed by atoms with Crippen LogP contribution in [0.5, 0.6) is 11.5 Å². The van der Waals surface area contributed by atoms with Crippen LogP contribution < -0.4 is 9.80 Å². The van der Waals surface area contributed by atoms with E-state index in [4.69, 9.17) is 0 Å². The van der Waals surface area contributed by atoms with Gasteiger partial charge in [0.05, 0.1) is 33.8 Å². The van der Waals surface area contributed by atoms with Crippen LogP contribution in [0.4, 0.5) is 22.7 Å². The van der Waals surface area contributed by atoms with Gasteiger partial charge in [0.15, 0.2) is 0 Å². The van der Waals surface area contributed by atoms with E-state index in [1.165, 1.54) is 12.1 Å². The molecule has 2 aromatic heterocycles. The van der Waals surface area contributed by atoms with Crippen molar-refractivity contribution < 1.29 is 47.1 Å². The van der Waals surface area contributed by atoms with Crippen molar-refractivity contribution >= 4 is 68.6 Å². The van der Waals surface area contributed by atoms with Crippen molar-refractivity contribution in [2.24, 2.45) is 0 Å². The molecule has 0 atom stereocenters. The summed E-state index contributed by atoms with van der Waals surface area (Å²) < 4.78 is 0. The number of hydrogen-bond acceptors (Lipinski definition) is 8. The summed E-state index contributed by atoms with van der Waals surface area (Å²) in [5.41, 5.74) is 5.93. The summed E-state index contributed by atoms with van der Waals surface area (Å²) in [7, 11) is 0. The molecule has 10 nitrogen and oxygen atoms in total. The Bertz CT molecular complexity index is 2160. The van der Waals surface area contributed by atoms with E-state index in [0.717, 1.165) is 44.3 Å². The van der Waals surface area contributed by atoms with E-state index in [1.807, 2.05) is 82.6 Å². The Morgan fingerprint density at radius 3 is 1.41 bits per heavy atom. The first-order valence-electron chi connectivity index (χ1n) is 15.1. The molecule has 49 heavy (non-hydrogen) atoms. The summed E-state index contributed by atoms with van der Waals surface area (Å²) in [6.45, 7) is 1.01. The molecule has 2 aliphatic rings. The van der Waals surface area contributed by atoms with Crippen LogP contribution in [0.25, 0.3) is 34.0 Å². The van der Waals surface area contributed by atoms with Crippen LogP contribution in [0.2, 0.25) is 0 Å². The van der Waals surface area contributed by atoms with Crippen molar-refractivity contribution in [3.8, 4) is 11.5 Å². The Labute approximate surface area is 291 Å². The second-order valence-corrected chi connectivity index (χ2v) is 11.1. The number of carboxylic acids is 2. The van der Waals surface area contributed by atoms with E-state index in [9.17, 15) is 30.0 Å². The maximum Gasteiger partial charge on any atom is 0.341 e. The normalized spacial score (nSPS) is 12.8. The molecule has 0 saturated heterocycles. The SMILES string of the molecule is O=C(O)c1c(O)cccc1N1CC=Cc2ccc3cccnc3c21.O=C(O)c1c(O)cccc1N1CC=Cc2ccc3cccnc3c21.[Cu]. The van der Waals surface area contributed by atoms with Crippen molar-refractivity contribution in [2.75, 3.05) is 22.9 Å². The predicted molar refractivity (Wildman–Crippen MR) is 186 cm³/mol. The molecule has 4 heterocycles. The number of aromatic carboxylic acids is 2. The topological polar surface area (TPSA) is 147 Å². The molecule has 4 N–H and O–H groups in total. The second-order valence-electron chi connectivity index (χ2n) is 11.1. The molecule has 1 radical (unpaired) electrons. The van der Waals surface area contributed by atoms with Gasteiger partial charge in [-0.2, -0.15) is 0 Å². The van der Waals surface area contributed by atoms with Crippen LogP contribution in [0, 0.1) is 0 Å². The predicted octanol–water partition coefficient (Wildman–Crippen LogP) is 7.60. The van der Waals surface area contributed by atoms with Gasteiger partial charge < -0.3 is 30.2 Å². The summed E-state index contributed by atoms with van der Waals surface area (Å²) in [6.07, 6.45) is 11.4. The summed E-state index contributed by atoms with van der Waals surface area (Å²) in [6, 6.07) is 25.1. The van der Waals surface area contributed by atoms with E-state index >= 15 is 0 Å². The van der Waals surface area contributed by atoms with Crippen LogP contribution in [-0.2, 0) is 17.1 Å². The number of phenols is 2. The summed E-state index contributed by atoms with van der Waals surface area (Å²) in [5.74, 6) is -2.81. The molecule has 11 heteroatoms. The largest absolute Gasteiger partial charge is 0.507 e. The average molecular weight is 700 g/mol. The van der Waals surface area contributed by atoms with Gasteiger partial charge in [0.25, 0.3) is 0 Å². The van der Waals surface area contributed by atoms with E-state index in [-0.39, 0.29) is 39.7 Å². The molecule has 4 aromatic carbocycles. The summed E-state index contributed by atoms with van der Waals surface area (Å²) in [5, 5.41) is 41.0. The first-order valence-corrected chi connectivity index (χ1v) is 15.1. The van der Waals surface area contributed by atoms with Crippen LogP contribution in [0.15, 0.2) is 109 Å². The summed E-state index contributed by atoms with van der Waals surface area (Å²) in [4.78, 5) is 36.0. The number of hydrogen-bond donors (Lipinski definition) is 4. The molecule has 2 aliphatic heterocycles. The molecule has 8 rings (SSSR count). The van der Waals surface area contributed by atoms with Crippen molar-refractivity contribution in [3.05, 3.63) is 132 Å². The third-order valence-corrected chi connectivity index (χ3v) is 8.32. The number of nitrogens with zero attached hydrogens (tertiary/aromatic N) is 4. The molecule has 0 aliphatic carbocycles. The molecule has 0 bridgehead atoms. The summed E-state index contributed by atoms with van der Waals surface area (Å²) >= 11 is 0. The molecule has 6 aromatic rings. The number of aromatic nitrogens is 2. The first kappa shape index (κ1) is 32.8. The molecule has 0 spiro atoms. The van der Waals surface area contributed by atoms with Crippen molar-refractivity contribution in [1.82, 2.24) is 9.97 Å². The minimum absolute atomic E-state index is 0. The molecular weight excluding hydrogens is 672 g/mol. The average Bonchev–Trinajstić information content (AvgIpc) is 3.10. The maximum atomic E-state index is 11.6. The van der Waals surface area contributed by atoms with Gasteiger partial charge in [0.1, 0.15) is 22.6 Å². The van der Waals surface area contributed by atoms with Crippen LogP contribution in [-0.4, -0.2) is 55.4 Å². The first-order chi connectivity index (χ1) is 23.3. The van der Waals surface area contributed by atoms with Crippen molar-refractivity contribution in [1.29, 1.82) is 0 Å². The standard InChI is InChI=1S/2C19H14N2O3.Cu/c2*22-15-7-1-6-14(16(15)19(23)24)21-11-3-5-13-9-8-12-4-2-10-20-17(12)18(13)21;/h2*1-10,22H,11H2,(H,23,24);. The zero-order chi connectivity index (χ0) is 33.4. The van der Waals surface area contributed by atoms with E-state index in [0.29, 0.717) is 24.5 Å². The van der Waals surface area contributed by atoms with E-state index < -0.39 is 11.9 Å². The number of fused-ring (bicyclic) bond motifs is 6. The molecule has 0 saturated carbocycles. The Hall–Kier alpha value is -6.16. The number of carboxylic acid groups (broad SMARTS) is 2. The van der Waals surface area contributed by atoms with E-state index in [1.54, 1.807) is 36.7 Å². The maximum absolute atomic E-state index is 11.6.